The average molecular weight is 473 g/mol. The summed E-state index contributed by atoms with van der Waals surface area (Å²) in [5.41, 5.74) is 2.01. The minimum absolute atomic E-state index is 0.0311. The summed E-state index contributed by atoms with van der Waals surface area (Å²) >= 11 is 1.15. The third-order valence-corrected chi connectivity index (χ3v) is 6.37. The summed E-state index contributed by atoms with van der Waals surface area (Å²) in [6.45, 7) is 0. The van der Waals surface area contributed by atoms with Gasteiger partial charge in [0.2, 0.25) is 0 Å². The van der Waals surface area contributed by atoms with Crippen molar-refractivity contribution in [3.63, 3.8) is 0 Å². The Balaban J connectivity index is 1.62. The number of nitrogens with zero attached hydrogens (tertiary/aromatic N) is 3. The monoisotopic (exact) mass is 472 g/mol. The first-order chi connectivity index (χ1) is 15.3. The van der Waals surface area contributed by atoms with Crippen molar-refractivity contribution in [3.05, 3.63) is 53.6 Å². The molecular formula is C20H16N4O6S2. The molecule has 0 radical (unpaired) electrons. The zero-order chi connectivity index (χ0) is 22.9. The van der Waals surface area contributed by atoms with Crippen LogP contribution in [0.25, 0.3) is 6.08 Å². The highest BCUT2D eigenvalue weighted by molar-refractivity contribution is 8.25. The molecule has 0 bridgehead atoms. The number of fused-ring (bicyclic) bond motifs is 1. The van der Waals surface area contributed by atoms with Crippen molar-refractivity contribution in [1.29, 1.82) is 5.41 Å². The highest BCUT2D eigenvalue weighted by Gasteiger charge is 2.32. The standard InChI is InChI=1S/C20H16N4O6S2/c1-28-13-4-6-14(7-5-13)32(26,27)30-16-8-3-12(10-17(16)29-2)9-15-18(21)24-20(23-19(15)25)31-11-22-24/h3-11,21H,1-2H3. The van der Waals surface area contributed by atoms with E-state index in [4.69, 9.17) is 19.1 Å². The molecule has 0 fully saturated rings. The van der Waals surface area contributed by atoms with Crippen LogP contribution in [0.3, 0.4) is 0 Å². The summed E-state index contributed by atoms with van der Waals surface area (Å²) < 4.78 is 40.8. The number of carbonyl (C=O) groups is 1. The van der Waals surface area contributed by atoms with E-state index in [1.807, 2.05) is 0 Å². The van der Waals surface area contributed by atoms with Crippen LogP contribution >= 0.6 is 11.8 Å². The fourth-order valence-electron chi connectivity index (χ4n) is 2.85. The lowest BCUT2D eigenvalue weighted by molar-refractivity contribution is -0.114. The Morgan fingerprint density at radius 1 is 1.06 bits per heavy atom. The van der Waals surface area contributed by atoms with Gasteiger partial charge in [0, 0.05) is 0 Å². The largest absolute Gasteiger partial charge is 0.497 e. The number of hydrogen-bond acceptors (Lipinski definition) is 9. The molecule has 10 nitrogen and oxygen atoms in total. The van der Waals surface area contributed by atoms with E-state index in [-0.39, 0.29) is 27.8 Å². The third kappa shape index (κ3) is 4.09. The van der Waals surface area contributed by atoms with E-state index < -0.39 is 16.0 Å². The van der Waals surface area contributed by atoms with Gasteiger partial charge in [-0.15, -0.1) is 0 Å². The summed E-state index contributed by atoms with van der Waals surface area (Å²) in [5.74, 6) is -0.0683. The molecule has 0 saturated carbocycles. The Morgan fingerprint density at radius 3 is 2.50 bits per heavy atom. The van der Waals surface area contributed by atoms with E-state index in [0.717, 1.165) is 11.8 Å². The number of hydrazone groups is 1. The van der Waals surface area contributed by atoms with E-state index >= 15 is 0 Å². The second-order valence-electron chi connectivity index (χ2n) is 6.38. The molecule has 2 aliphatic heterocycles. The van der Waals surface area contributed by atoms with Gasteiger partial charge in [-0.05, 0) is 59.8 Å². The molecule has 1 N–H and O–H groups in total. The molecule has 2 heterocycles. The van der Waals surface area contributed by atoms with Crippen molar-refractivity contribution in [1.82, 2.24) is 5.01 Å². The van der Waals surface area contributed by atoms with E-state index in [1.54, 1.807) is 0 Å². The smallest absolute Gasteiger partial charge is 0.339 e. The number of amides is 1. The number of methoxy groups -OCH3 is 2. The fourth-order valence-corrected chi connectivity index (χ4v) is 4.40. The Bertz CT molecular complexity index is 1300. The molecule has 0 atom stereocenters. The molecule has 1 amide bonds. The number of hydrogen-bond donors (Lipinski definition) is 1. The molecule has 0 aliphatic carbocycles. The summed E-state index contributed by atoms with van der Waals surface area (Å²) in [6, 6.07) is 10.2. The molecule has 0 aromatic heterocycles. The molecule has 0 unspecified atom stereocenters. The van der Waals surface area contributed by atoms with Gasteiger partial charge in [0.15, 0.2) is 22.5 Å². The summed E-state index contributed by atoms with van der Waals surface area (Å²) in [6.07, 6.45) is 1.45. The number of amidine groups is 2. The quantitative estimate of drug-likeness (QED) is 0.502. The van der Waals surface area contributed by atoms with Gasteiger partial charge in [-0.2, -0.15) is 23.5 Å². The molecule has 2 aromatic rings. The normalized spacial score (nSPS) is 16.8. The molecule has 0 spiro atoms. The lowest BCUT2D eigenvalue weighted by Crippen LogP contribution is -2.35. The zero-order valence-corrected chi connectivity index (χ0v) is 18.4. The van der Waals surface area contributed by atoms with Gasteiger partial charge in [-0.25, -0.2) is 0 Å². The molecule has 0 saturated heterocycles. The van der Waals surface area contributed by atoms with Crippen molar-refractivity contribution in [2.75, 3.05) is 14.2 Å². The van der Waals surface area contributed by atoms with Crippen molar-refractivity contribution < 1.29 is 26.9 Å². The second-order valence-corrected chi connectivity index (χ2v) is 8.74. The van der Waals surface area contributed by atoms with E-state index in [2.05, 4.69) is 10.1 Å². The van der Waals surface area contributed by atoms with Crippen molar-refractivity contribution in [2.45, 2.75) is 4.90 Å². The predicted molar refractivity (Wildman–Crippen MR) is 120 cm³/mol. The summed E-state index contributed by atoms with van der Waals surface area (Å²) in [5, 5.41) is 13.8. The van der Waals surface area contributed by atoms with Crippen LogP contribution in [0.15, 0.2) is 63.0 Å². The maximum absolute atomic E-state index is 12.6. The van der Waals surface area contributed by atoms with Crippen molar-refractivity contribution in [3.8, 4) is 17.2 Å². The number of aliphatic imine (C=N–C) groups is 1. The van der Waals surface area contributed by atoms with E-state index in [1.165, 1.54) is 73.3 Å². The highest BCUT2D eigenvalue weighted by Crippen LogP contribution is 2.32. The van der Waals surface area contributed by atoms with E-state index in [0.29, 0.717) is 16.5 Å². The van der Waals surface area contributed by atoms with Crippen molar-refractivity contribution >= 4 is 50.4 Å². The van der Waals surface area contributed by atoms with Gasteiger partial charge in [0.25, 0.3) is 5.91 Å². The molecule has 2 aliphatic rings. The Labute approximate surface area is 187 Å². The Kier molecular flexibility index (Phi) is 5.72. The molecule has 2 aromatic carbocycles. The minimum Gasteiger partial charge on any atom is -0.497 e. The molecule has 4 rings (SSSR count). The topological polar surface area (TPSA) is 131 Å². The number of nitrogens with one attached hydrogen (secondary N) is 1. The molecule has 32 heavy (non-hydrogen) atoms. The van der Waals surface area contributed by atoms with E-state index in [9.17, 15) is 13.2 Å². The number of thioether (sulfide) groups is 1. The van der Waals surface area contributed by atoms with Gasteiger partial charge in [0.1, 0.15) is 10.6 Å². The molecule has 164 valence electrons. The lowest BCUT2D eigenvalue weighted by Gasteiger charge is -2.20. The molecule has 12 heteroatoms. The maximum Gasteiger partial charge on any atom is 0.339 e. The third-order valence-electron chi connectivity index (χ3n) is 4.44. The van der Waals surface area contributed by atoms with Crippen LogP contribution in [-0.2, 0) is 14.9 Å². The number of ether oxygens (including phenoxy) is 2. The van der Waals surface area contributed by atoms with Gasteiger partial charge >= 0.3 is 10.1 Å². The second kappa shape index (κ2) is 8.48. The van der Waals surface area contributed by atoms with Crippen molar-refractivity contribution in [2.24, 2.45) is 10.1 Å². The van der Waals surface area contributed by atoms with Crippen LogP contribution < -0.4 is 13.7 Å². The summed E-state index contributed by atoms with van der Waals surface area (Å²) in [7, 11) is -1.28. The van der Waals surface area contributed by atoms with Crippen LogP contribution in [0.4, 0.5) is 0 Å². The van der Waals surface area contributed by atoms with Crippen LogP contribution in [0.1, 0.15) is 5.56 Å². The van der Waals surface area contributed by atoms with Gasteiger partial charge in [-0.3, -0.25) is 10.2 Å². The predicted octanol–water partition coefficient (Wildman–Crippen LogP) is 2.72. The van der Waals surface area contributed by atoms with Crippen LogP contribution in [0.5, 0.6) is 17.2 Å². The fraction of sp³-hybridized carbons (Fsp3) is 0.100. The SMILES string of the molecule is COc1ccc(S(=O)(=O)Oc2ccc(C=C3C(=N)N4N=CSC4=NC3=O)cc2OC)cc1. The number of carbonyl (C=O) groups excluding carboxylic acids is 1. The Morgan fingerprint density at radius 2 is 1.81 bits per heavy atom. The Hall–Kier alpha value is -3.64. The highest BCUT2D eigenvalue weighted by atomic mass is 32.2. The average Bonchev–Trinajstić information content (AvgIpc) is 3.26. The zero-order valence-electron chi connectivity index (χ0n) is 16.8. The van der Waals surface area contributed by atoms with Gasteiger partial charge in [0.05, 0.1) is 25.3 Å². The van der Waals surface area contributed by atoms with Crippen LogP contribution in [0, 0.1) is 5.41 Å². The molecular weight excluding hydrogens is 456 g/mol. The first-order valence-electron chi connectivity index (χ1n) is 9.02. The lowest BCUT2D eigenvalue weighted by atomic mass is 10.1. The van der Waals surface area contributed by atoms with Gasteiger partial charge in [-0.1, -0.05) is 6.07 Å². The summed E-state index contributed by atoms with van der Waals surface area (Å²) in [4.78, 5) is 16.2. The van der Waals surface area contributed by atoms with Crippen LogP contribution in [0.2, 0.25) is 0 Å². The van der Waals surface area contributed by atoms with Gasteiger partial charge < -0.3 is 13.7 Å². The minimum atomic E-state index is -4.12. The number of benzene rings is 2. The number of rotatable bonds is 6. The first kappa shape index (κ1) is 21.6. The first-order valence-corrected chi connectivity index (χ1v) is 11.3. The van der Waals surface area contributed by atoms with Crippen LogP contribution in [-0.4, -0.2) is 50.1 Å². The maximum atomic E-state index is 12.6.